The second-order valence-corrected chi connectivity index (χ2v) is 7.56. The van der Waals surface area contributed by atoms with Crippen LogP contribution in [0.3, 0.4) is 0 Å². The van der Waals surface area contributed by atoms with Crippen molar-refractivity contribution < 1.29 is 8.42 Å². The molecule has 0 amide bonds. The summed E-state index contributed by atoms with van der Waals surface area (Å²) in [6.45, 7) is 0. The third-order valence-electron chi connectivity index (χ3n) is 3.23. The fourth-order valence-corrected chi connectivity index (χ4v) is 3.71. The summed E-state index contributed by atoms with van der Waals surface area (Å²) in [5.74, 6) is 0. The SMILES string of the molecule is Cn1cc(S(=O)(=O)Nc2ccc(Br)cc2)c(-c2ccccc2)n1. The van der Waals surface area contributed by atoms with Crippen molar-refractivity contribution in [2.75, 3.05) is 4.72 Å². The van der Waals surface area contributed by atoms with Crippen molar-refractivity contribution >= 4 is 31.6 Å². The van der Waals surface area contributed by atoms with Crippen molar-refractivity contribution in [1.29, 1.82) is 0 Å². The minimum absolute atomic E-state index is 0.147. The van der Waals surface area contributed by atoms with Crippen LogP contribution in [0, 0.1) is 0 Å². The maximum atomic E-state index is 12.7. The number of anilines is 1. The third-order valence-corrected chi connectivity index (χ3v) is 5.14. The molecule has 0 fully saturated rings. The van der Waals surface area contributed by atoms with E-state index < -0.39 is 10.0 Å². The molecule has 7 heteroatoms. The Morgan fingerprint density at radius 3 is 2.35 bits per heavy atom. The lowest BCUT2D eigenvalue weighted by atomic mass is 10.2. The van der Waals surface area contributed by atoms with Gasteiger partial charge in [0.1, 0.15) is 10.6 Å². The molecule has 0 unspecified atom stereocenters. The van der Waals surface area contributed by atoms with Gasteiger partial charge in [0.05, 0.1) is 0 Å². The summed E-state index contributed by atoms with van der Waals surface area (Å²) in [7, 11) is -2.03. The van der Waals surface area contributed by atoms with Gasteiger partial charge in [-0.25, -0.2) is 8.42 Å². The molecule has 0 spiro atoms. The number of aromatic nitrogens is 2. The maximum absolute atomic E-state index is 12.7. The zero-order valence-electron chi connectivity index (χ0n) is 12.3. The maximum Gasteiger partial charge on any atom is 0.265 e. The lowest BCUT2D eigenvalue weighted by Gasteiger charge is -2.08. The van der Waals surface area contributed by atoms with Crippen molar-refractivity contribution in [3.05, 3.63) is 65.3 Å². The Morgan fingerprint density at radius 2 is 1.70 bits per heavy atom. The van der Waals surface area contributed by atoms with E-state index in [1.807, 2.05) is 30.3 Å². The Morgan fingerprint density at radius 1 is 1.04 bits per heavy atom. The van der Waals surface area contributed by atoms with E-state index in [1.54, 1.807) is 31.3 Å². The quantitative estimate of drug-likeness (QED) is 0.737. The molecule has 1 heterocycles. The van der Waals surface area contributed by atoms with E-state index in [2.05, 4.69) is 25.8 Å². The average Bonchev–Trinajstić information content (AvgIpc) is 2.93. The molecule has 0 aliphatic carbocycles. The predicted octanol–water partition coefficient (Wildman–Crippen LogP) is 3.65. The minimum Gasteiger partial charge on any atom is -0.280 e. The van der Waals surface area contributed by atoms with E-state index in [0.717, 1.165) is 10.0 Å². The summed E-state index contributed by atoms with van der Waals surface area (Å²) in [4.78, 5) is 0.147. The van der Waals surface area contributed by atoms with Gasteiger partial charge < -0.3 is 0 Å². The molecular formula is C16H14BrN3O2S. The molecule has 1 N–H and O–H groups in total. The molecule has 0 atom stereocenters. The fourth-order valence-electron chi connectivity index (χ4n) is 2.19. The third kappa shape index (κ3) is 3.46. The normalized spacial score (nSPS) is 11.4. The Hall–Kier alpha value is -2.12. The van der Waals surface area contributed by atoms with E-state index >= 15 is 0 Å². The molecule has 3 rings (SSSR count). The van der Waals surface area contributed by atoms with Crippen LogP contribution in [-0.2, 0) is 17.1 Å². The zero-order valence-corrected chi connectivity index (χ0v) is 14.7. The minimum atomic E-state index is -3.73. The van der Waals surface area contributed by atoms with Crippen LogP contribution < -0.4 is 4.72 Å². The molecular weight excluding hydrogens is 378 g/mol. The van der Waals surface area contributed by atoms with Crippen LogP contribution >= 0.6 is 15.9 Å². The standard InChI is InChI=1S/C16H14BrN3O2S/c1-20-11-15(16(18-20)12-5-3-2-4-6-12)23(21,22)19-14-9-7-13(17)8-10-14/h2-11,19H,1H3. The van der Waals surface area contributed by atoms with Crippen molar-refractivity contribution in [1.82, 2.24) is 9.78 Å². The first-order chi connectivity index (χ1) is 11.0. The number of benzene rings is 2. The highest BCUT2D eigenvalue weighted by Crippen LogP contribution is 2.27. The molecule has 0 aliphatic rings. The number of sulfonamides is 1. The van der Waals surface area contributed by atoms with Crippen LogP contribution in [0.15, 0.2) is 70.2 Å². The van der Waals surface area contributed by atoms with Gasteiger partial charge in [0.15, 0.2) is 0 Å². The first-order valence-corrected chi connectivity index (χ1v) is 9.11. The molecule has 0 saturated heterocycles. The molecule has 0 aliphatic heterocycles. The largest absolute Gasteiger partial charge is 0.280 e. The van der Waals surface area contributed by atoms with Gasteiger partial charge in [0.2, 0.25) is 0 Å². The van der Waals surface area contributed by atoms with Gasteiger partial charge in [0.25, 0.3) is 10.0 Å². The molecule has 0 radical (unpaired) electrons. The van der Waals surface area contributed by atoms with E-state index in [4.69, 9.17) is 0 Å². The Balaban J connectivity index is 2.02. The van der Waals surface area contributed by atoms with Gasteiger partial charge in [-0.3, -0.25) is 9.40 Å². The van der Waals surface area contributed by atoms with Crippen molar-refractivity contribution in [3.8, 4) is 11.3 Å². The van der Waals surface area contributed by atoms with Gasteiger partial charge >= 0.3 is 0 Å². The molecule has 1 aromatic heterocycles. The predicted molar refractivity (Wildman–Crippen MR) is 93.6 cm³/mol. The van der Waals surface area contributed by atoms with Crippen LogP contribution in [0.25, 0.3) is 11.3 Å². The summed E-state index contributed by atoms with van der Waals surface area (Å²) in [6.07, 6.45) is 1.50. The van der Waals surface area contributed by atoms with Crippen LogP contribution in [-0.4, -0.2) is 18.2 Å². The Labute approximate surface area is 143 Å². The van der Waals surface area contributed by atoms with E-state index in [1.165, 1.54) is 10.9 Å². The van der Waals surface area contributed by atoms with Gasteiger partial charge in [-0.1, -0.05) is 46.3 Å². The summed E-state index contributed by atoms with van der Waals surface area (Å²) in [6, 6.07) is 16.2. The van der Waals surface area contributed by atoms with E-state index in [-0.39, 0.29) is 4.90 Å². The average molecular weight is 392 g/mol. The fraction of sp³-hybridized carbons (Fsp3) is 0.0625. The number of aryl methyl sites for hydroxylation is 1. The molecule has 23 heavy (non-hydrogen) atoms. The number of hydrogen-bond donors (Lipinski definition) is 1. The molecule has 5 nitrogen and oxygen atoms in total. The summed E-state index contributed by atoms with van der Waals surface area (Å²) >= 11 is 3.32. The Kier molecular flexibility index (Phi) is 4.23. The van der Waals surface area contributed by atoms with E-state index in [0.29, 0.717) is 11.4 Å². The summed E-state index contributed by atoms with van der Waals surface area (Å²) in [5, 5.41) is 4.29. The van der Waals surface area contributed by atoms with Gasteiger partial charge in [-0.15, -0.1) is 0 Å². The molecule has 118 valence electrons. The number of halogens is 1. The van der Waals surface area contributed by atoms with Gasteiger partial charge in [-0.2, -0.15) is 5.10 Å². The second kappa shape index (κ2) is 6.17. The van der Waals surface area contributed by atoms with Crippen LogP contribution in [0.2, 0.25) is 0 Å². The topological polar surface area (TPSA) is 64.0 Å². The lowest BCUT2D eigenvalue weighted by molar-refractivity contribution is 0.601. The highest BCUT2D eigenvalue weighted by atomic mass is 79.9. The first kappa shape index (κ1) is 15.8. The molecule has 0 saturated carbocycles. The van der Waals surface area contributed by atoms with Crippen LogP contribution in [0.4, 0.5) is 5.69 Å². The summed E-state index contributed by atoms with van der Waals surface area (Å²) in [5.41, 5.74) is 1.68. The molecule has 2 aromatic carbocycles. The molecule has 0 bridgehead atoms. The van der Waals surface area contributed by atoms with Gasteiger partial charge in [-0.05, 0) is 24.3 Å². The van der Waals surface area contributed by atoms with Crippen molar-refractivity contribution in [2.45, 2.75) is 4.90 Å². The van der Waals surface area contributed by atoms with Crippen LogP contribution in [0.1, 0.15) is 0 Å². The Bertz CT molecular complexity index is 920. The van der Waals surface area contributed by atoms with Gasteiger partial charge in [0, 0.05) is 29.0 Å². The number of nitrogens with zero attached hydrogens (tertiary/aromatic N) is 2. The number of rotatable bonds is 4. The molecule has 3 aromatic rings. The summed E-state index contributed by atoms with van der Waals surface area (Å²) < 4.78 is 30.4. The lowest BCUT2D eigenvalue weighted by Crippen LogP contribution is -2.13. The number of hydrogen-bond acceptors (Lipinski definition) is 3. The highest BCUT2D eigenvalue weighted by Gasteiger charge is 2.23. The first-order valence-electron chi connectivity index (χ1n) is 6.83. The van der Waals surface area contributed by atoms with Crippen LogP contribution in [0.5, 0.6) is 0 Å². The van der Waals surface area contributed by atoms with Crippen molar-refractivity contribution in [2.24, 2.45) is 7.05 Å². The number of nitrogens with one attached hydrogen (secondary N) is 1. The smallest absolute Gasteiger partial charge is 0.265 e. The zero-order chi connectivity index (χ0) is 16.4. The monoisotopic (exact) mass is 391 g/mol. The van der Waals surface area contributed by atoms with Crippen molar-refractivity contribution in [3.63, 3.8) is 0 Å². The van der Waals surface area contributed by atoms with E-state index in [9.17, 15) is 8.42 Å². The highest BCUT2D eigenvalue weighted by molar-refractivity contribution is 9.10. The second-order valence-electron chi connectivity index (χ2n) is 4.99.